The van der Waals surface area contributed by atoms with Gasteiger partial charge in [-0.15, -0.1) is 0 Å². The fourth-order valence-electron chi connectivity index (χ4n) is 1.56. The normalized spacial score (nSPS) is 10.7. The highest BCUT2D eigenvalue weighted by atomic mass is 32.2. The predicted octanol–water partition coefficient (Wildman–Crippen LogP) is 2.65. The zero-order valence-electron chi connectivity index (χ0n) is 12.1. The largest absolute Gasteiger partial charge is 0.319 e. The average molecular weight is 308 g/mol. The summed E-state index contributed by atoms with van der Waals surface area (Å²) < 4.78 is 29.2. The minimum atomic E-state index is -3.88. The Balaban J connectivity index is 0.000000211. The minimum absolute atomic E-state index is 0.312. The molecule has 21 heavy (non-hydrogen) atoms. The molecule has 5 nitrogen and oxygen atoms in total. The second-order valence-corrected chi connectivity index (χ2v) is 6.04. The Kier molecular flexibility index (Phi) is 6.87. The summed E-state index contributed by atoms with van der Waals surface area (Å²) in [6, 6.07) is 18.6. The highest BCUT2D eigenvalue weighted by Crippen LogP contribution is 2.04. The van der Waals surface area contributed by atoms with Gasteiger partial charge in [0.1, 0.15) is 5.75 Å². The van der Waals surface area contributed by atoms with Crippen LogP contribution in [0.4, 0.5) is 5.69 Å². The molecule has 2 aromatic rings. The molecular weight excluding hydrogens is 288 g/mol. The first-order chi connectivity index (χ1) is 9.87. The summed E-state index contributed by atoms with van der Waals surface area (Å²) in [6.07, 6.45) is 0. The van der Waals surface area contributed by atoms with Gasteiger partial charge in [-0.1, -0.05) is 48.5 Å². The van der Waals surface area contributed by atoms with Gasteiger partial charge in [-0.05, 0) is 17.7 Å². The molecule has 0 heterocycles. The van der Waals surface area contributed by atoms with Crippen LogP contribution in [-0.2, 0) is 15.9 Å². The van der Waals surface area contributed by atoms with Crippen molar-refractivity contribution in [3.05, 3.63) is 66.2 Å². The molecule has 0 aliphatic carbocycles. The zero-order chi connectivity index (χ0) is 15.7. The third kappa shape index (κ3) is 8.80. The zero-order valence-corrected chi connectivity index (χ0v) is 12.9. The smallest absolute Gasteiger partial charge is 0.269 e. The maximum Gasteiger partial charge on any atom is 0.269 e. The molecule has 0 spiro atoms. The molecule has 0 unspecified atom stereocenters. The lowest BCUT2D eigenvalue weighted by Crippen LogP contribution is -2.19. The second-order valence-electron chi connectivity index (χ2n) is 4.58. The first kappa shape index (κ1) is 17.2. The van der Waals surface area contributed by atoms with E-state index in [9.17, 15) is 8.42 Å². The van der Waals surface area contributed by atoms with E-state index in [4.69, 9.17) is 4.55 Å². The molecule has 0 atom stereocenters. The van der Waals surface area contributed by atoms with E-state index in [0.29, 0.717) is 5.56 Å². The fraction of sp³-hybridized carbons (Fsp3) is 0.200. The van der Waals surface area contributed by atoms with E-state index in [1.807, 2.05) is 49.4 Å². The van der Waals surface area contributed by atoms with Crippen molar-refractivity contribution in [1.29, 1.82) is 0 Å². The van der Waals surface area contributed by atoms with Crippen molar-refractivity contribution < 1.29 is 13.0 Å². The number of nitrogens with one attached hydrogen (secondary N) is 1. The molecule has 0 bridgehead atoms. The van der Waals surface area contributed by atoms with Gasteiger partial charge in [0.25, 0.3) is 10.1 Å². The first-order valence-electron chi connectivity index (χ1n) is 6.35. The molecule has 0 aliphatic heterocycles. The highest BCUT2D eigenvalue weighted by Gasteiger charge is 2.04. The molecule has 0 radical (unpaired) electrons. The molecule has 0 fully saturated rings. The first-order valence-corrected chi connectivity index (χ1v) is 7.96. The summed E-state index contributed by atoms with van der Waals surface area (Å²) in [6.45, 7) is 0. The van der Waals surface area contributed by atoms with Crippen LogP contribution in [0.2, 0.25) is 0 Å². The molecule has 0 saturated heterocycles. The van der Waals surface area contributed by atoms with Crippen LogP contribution >= 0.6 is 0 Å². The van der Waals surface area contributed by atoms with E-state index < -0.39 is 10.1 Å². The molecule has 114 valence electrons. The number of hydrogen-bond donors (Lipinski definition) is 2. The van der Waals surface area contributed by atoms with Crippen molar-refractivity contribution in [2.75, 3.05) is 19.5 Å². The lowest BCUT2D eigenvalue weighted by Gasteiger charge is -2.12. The summed E-state index contributed by atoms with van der Waals surface area (Å²) in [5.74, 6) is -0.312. The Bertz CT molecular complexity index is 614. The second kappa shape index (κ2) is 8.41. The number of hydrogen-bond acceptors (Lipinski definition) is 4. The lowest BCUT2D eigenvalue weighted by molar-refractivity contribution is 0.482. The monoisotopic (exact) mass is 308 g/mol. The van der Waals surface area contributed by atoms with Gasteiger partial charge in [-0.2, -0.15) is 8.42 Å². The highest BCUT2D eigenvalue weighted by molar-refractivity contribution is 7.85. The van der Waals surface area contributed by atoms with Crippen LogP contribution in [0.5, 0.6) is 0 Å². The van der Waals surface area contributed by atoms with Gasteiger partial charge in [0.2, 0.25) is 0 Å². The van der Waals surface area contributed by atoms with Gasteiger partial charge in [-0.3, -0.25) is 4.55 Å². The number of hydrazine groups is 1. The van der Waals surface area contributed by atoms with Crippen LogP contribution in [0, 0.1) is 0 Å². The van der Waals surface area contributed by atoms with Crippen LogP contribution in [0.1, 0.15) is 5.56 Å². The number of rotatable bonds is 4. The van der Waals surface area contributed by atoms with Crippen molar-refractivity contribution in [3.63, 3.8) is 0 Å². The summed E-state index contributed by atoms with van der Waals surface area (Å²) >= 11 is 0. The summed E-state index contributed by atoms with van der Waals surface area (Å²) in [5, 5.41) is 1.91. The van der Waals surface area contributed by atoms with Gasteiger partial charge in [0.05, 0.1) is 0 Å². The van der Waals surface area contributed by atoms with Crippen LogP contribution in [-0.4, -0.2) is 32.1 Å². The molecule has 0 saturated carbocycles. The third-order valence-corrected chi connectivity index (χ3v) is 3.02. The minimum Gasteiger partial charge on any atom is -0.319 e. The van der Waals surface area contributed by atoms with Gasteiger partial charge in [0, 0.05) is 19.8 Å². The lowest BCUT2D eigenvalue weighted by atomic mass is 10.2. The molecule has 0 aliphatic rings. The van der Waals surface area contributed by atoms with Crippen molar-refractivity contribution in [2.45, 2.75) is 5.75 Å². The van der Waals surface area contributed by atoms with Crippen LogP contribution in [0.3, 0.4) is 0 Å². The van der Waals surface area contributed by atoms with E-state index in [-0.39, 0.29) is 5.75 Å². The van der Waals surface area contributed by atoms with Crippen LogP contribution < -0.4 is 5.43 Å². The molecule has 2 N–H and O–H groups in total. The Hall–Kier alpha value is -1.89. The number of nitrogens with zero attached hydrogens (tertiary/aromatic N) is 1. The Morgan fingerprint density at radius 3 is 1.86 bits per heavy atom. The quantitative estimate of drug-likeness (QED) is 0.671. The van der Waals surface area contributed by atoms with E-state index in [0.717, 1.165) is 5.69 Å². The van der Waals surface area contributed by atoms with E-state index in [1.54, 1.807) is 30.3 Å². The maximum absolute atomic E-state index is 10.4. The Morgan fingerprint density at radius 2 is 1.43 bits per heavy atom. The molecular formula is C15H20N2O3S. The van der Waals surface area contributed by atoms with Crippen molar-refractivity contribution >= 4 is 15.8 Å². The molecule has 6 heteroatoms. The summed E-state index contributed by atoms with van der Waals surface area (Å²) in [4.78, 5) is 0. The third-order valence-electron chi connectivity index (χ3n) is 2.32. The number of anilines is 1. The van der Waals surface area contributed by atoms with Gasteiger partial charge in [0.15, 0.2) is 0 Å². The van der Waals surface area contributed by atoms with Crippen molar-refractivity contribution in [3.8, 4) is 0 Å². The van der Waals surface area contributed by atoms with Crippen LogP contribution in [0.25, 0.3) is 0 Å². The SMILES string of the molecule is CN(C)Nc1ccccc1.O=S(=O)(O)Cc1ccccc1. The standard InChI is InChI=1S/C8H12N2.C7H8O3S/c1-10(2)9-8-6-4-3-5-7-8;8-11(9,10)6-7-4-2-1-3-5-7/h3-7,9H,1-2H3;1-5H,6H2,(H,8,9,10). The van der Waals surface area contributed by atoms with Crippen LogP contribution in [0.15, 0.2) is 60.7 Å². The van der Waals surface area contributed by atoms with Gasteiger partial charge in [-0.25, -0.2) is 5.01 Å². The van der Waals surface area contributed by atoms with Gasteiger partial charge >= 0.3 is 0 Å². The molecule has 2 rings (SSSR count). The number of para-hydroxylation sites is 1. The average Bonchev–Trinajstić information content (AvgIpc) is 2.39. The van der Waals surface area contributed by atoms with Crippen molar-refractivity contribution in [1.82, 2.24) is 5.01 Å². The van der Waals surface area contributed by atoms with E-state index >= 15 is 0 Å². The van der Waals surface area contributed by atoms with E-state index in [1.165, 1.54) is 0 Å². The van der Waals surface area contributed by atoms with Crippen molar-refractivity contribution in [2.24, 2.45) is 0 Å². The summed E-state index contributed by atoms with van der Waals surface area (Å²) in [5.41, 5.74) is 4.85. The summed E-state index contributed by atoms with van der Waals surface area (Å²) in [7, 11) is 0.0534. The number of benzene rings is 2. The Labute approximate surface area is 125 Å². The maximum atomic E-state index is 10.4. The topological polar surface area (TPSA) is 69.6 Å². The molecule has 0 amide bonds. The predicted molar refractivity (Wildman–Crippen MR) is 85.4 cm³/mol. The fourth-order valence-corrected chi connectivity index (χ4v) is 2.17. The van der Waals surface area contributed by atoms with Gasteiger partial charge < -0.3 is 5.43 Å². The molecule has 0 aromatic heterocycles. The van der Waals surface area contributed by atoms with E-state index in [2.05, 4.69) is 5.43 Å². The Morgan fingerprint density at radius 1 is 0.952 bits per heavy atom. The molecule has 2 aromatic carbocycles.